The monoisotopic (exact) mass is 454 g/mol. The summed E-state index contributed by atoms with van der Waals surface area (Å²) in [5.41, 5.74) is 0.833. The van der Waals surface area contributed by atoms with E-state index in [0.29, 0.717) is 23.2 Å². The summed E-state index contributed by atoms with van der Waals surface area (Å²) < 4.78 is 0. The van der Waals surface area contributed by atoms with E-state index in [4.69, 9.17) is 10.2 Å². The van der Waals surface area contributed by atoms with E-state index in [9.17, 15) is 9.59 Å². The lowest BCUT2D eigenvalue weighted by Crippen LogP contribution is -2.10. The van der Waals surface area contributed by atoms with Crippen LogP contribution in [0.25, 0.3) is 0 Å². The van der Waals surface area contributed by atoms with Crippen molar-refractivity contribution in [3.05, 3.63) is 12.2 Å². The molecule has 0 bridgehead atoms. The van der Waals surface area contributed by atoms with Gasteiger partial charge in [-0.05, 0) is 61.2 Å². The zero-order valence-corrected chi connectivity index (χ0v) is 22.5. The lowest BCUT2D eigenvalue weighted by Gasteiger charge is -2.23. The largest absolute Gasteiger partial charge is 0.481 e. The molecule has 0 saturated carbocycles. The van der Waals surface area contributed by atoms with Crippen LogP contribution < -0.4 is 0 Å². The van der Waals surface area contributed by atoms with Crippen LogP contribution in [0, 0.1) is 22.7 Å². The molecule has 0 aromatic carbocycles. The summed E-state index contributed by atoms with van der Waals surface area (Å²) in [4.78, 5) is 20.6. The van der Waals surface area contributed by atoms with Crippen LogP contribution in [0.3, 0.4) is 0 Å². The van der Waals surface area contributed by atoms with Crippen molar-refractivity contribution in [3.63, 3.8) is 0 Å². The molecule has 0 aromatic heterocycles. The fourth-order valence-electron chi connectivity index (χ4n) is 4.22. The molecule has 0 rings (SSSR count). The number of hydrogen-bond acceptors (Lipinski definition) is 2. The molecule has 0 aliphatic heterocycles. The molecule has 0 amide bonds. The van der Waals surface area contributed by atoms with Gasteiger partial charge in [0.15, 0.2) is 0 Å². The smallest absolute Gasteiger partial charge is 0.303 e. The second-order valence-electron chi connectivity index (χ2n) is 12.1. The van der Waals surface area contributed by atoms with E-state index in [1.807, 2.05) is 0 Å². The number of allylic oxidation sites excluding steroid dienone is 2. The van der Waals surface area contributed by atoms with Gasteiger partial charge >= 0.3 is 11.9 Å². The van der Waals surface area contributed by atoms with E-state index in [1.54, 1.807) is 0 Å². The Morgan fingerprint density at radius 1 is 0.688 bits per heavy atom. The first-order chi connectivity index (χ1) is 14.6. The summed E-state index contributed by atoms with van der Waals surface area (Å²) in [6, 6.07) is 0. The first-order valence-electron chi connectivity index (χ1n) is 12.7. The zero-order valence-electron chi connectivity index (χ0n) is 22.5. The van der Waals surface area contributed by atoms with Gasteiger partial charge in [0, 0.05) is 12.8 Å². The Balaban J connectivity index is 0. The van der Waals surface area contributed by atoms with Crippen molar-refractivity contribution in [2.45, 2.75) is 132 Å². The van der Waals surface area contributed by atoms with E-state index in [0.717, 1.165) is 38.0 Å². The van der Waals surface area contributed by atoms with E-state index in [2.05, 4.69) is 67.5 Å². The normalized spacial score (nSPS) is 14.0. The fourth-order valence-corrected chi connectivity index (χ4v) is 4.22. The molecule has 0 heterocycles. The van der Waals surface area contributed by atoms with Crippen LogP contribution in [0.15, 0.2) is 12.2 Å². The van der Waals surface area contributed by atoms with Gasteiger partial charge in [0.05, 0.1) is 0 Å². The summed E-state index contributed by atoms with van der Waals surface area (Å²) in [6.45, 7) is 18.2. The molecular formula is C28H54O4. The van der Waals surface area contributed by atoms with Gasteiger partial charge in [-0.3, -0.25) is 9.59 Å². The SMILES string of the molecule is CC(CC=CCCCC(=O)O)CC(C)(C)C.CC(CCCCCCC(=O)O)CC(C)(C)C. The third-order valence-electron chi connectivity index (χ3n) is 5.23. The number of hydrogen-bond donors (Lipinski definition) is 2. The van der Waals surface area contributed by atoms with E-state index in [-0.39, 0.29) is 6.42 Å². The Morgan fingerprint density at radius 3 is 1.66 bits per heavy atom. The third kappa shape index (κ3) is 30.9. The molecule has 4 heteroatoms. The summed E-state index contributed by atoms with van der Waals surface area (Å²) in [6.07, 6.45) is 15.8. The molecule has 0 spiro atoms. The number of carbonyl (C=O) groups is 2. The van der Waals surface area contributed by atoms with Gasteiger partial charge in [-0.25, -0.2) is 0 Å². The highest BCUT2D eigenvalue weighted by Gasteiger charge is 2.15. The van der Waals surface area contributed by atoms with Crippen molar-refractivity contribution >= 4 is 11.9 Å². The van der Waals surface area contributed by atoms with E-state index < -0.39 is 11.9 Å². The van der Waals surface area contributed by atoms with Crippen molar-refractivity contribution in [2.75, 3.05) is 0 Å². The highest BCUT2D eigenvalue weighted by molar-refractivity contribution is 5.66. The van der Waals surface area contributed by atoms with Crippen LogP contribution in [0.4, 0.5) is 0 Å². The van der Waals surface area contributed by atoms with Crippen LogP contribution in [0.5, 0.6) is 0 Å². The molecule has 2 N–H and O–H groups in total. The molecule has 32 heavy (non-hydrogen) atoms. The molecule has 0 saturated heterocycles. The molecule has 0 fully saturated rings. The number of carboxylic acid groups (broad SMARTS) is 2. The van der Waals surface area contributed by atoms with Gasteiger partial charge in [-0.2, -0.15) is 0 Å². The van der Waals surface area contributed by atoms with Gasteiger partial charge in [0.25, 0.3) is 0 Å². The zero-order chi connectivity index (χ0) is 25.2. The van der Waals surface area contributed by atoms with Gasteiger partial charge in [-0.15, -0.1) is 0 Å². The minimum absolute atomic E-state index is 0.280. The van der Waals surface area contributed by atoms with Crippen LogP contribution >= 0.6 is 0 Å². The summed E-state index contributed by atoms with van der Waals surface area (Å²) in [5, 5.41) is 16.9. The predicted octanol–water partition coefficient (Wildman–Crippen LogP) is 8.74. The second-order valence-corrected chi connectivity index (χ2v) is 12.1. The molecule has 4 nitrogen and oxygen atoms in total. The maximum Gasteiger partial charge on any atom is 0.303 e. The van der Waals surface area contributed by atoms with Gasteiger partial charge in [0.2, 0.25) is 0 Å². The Labute approximate surface area is 199 Å². The summed E-state index contributed by atoms with van der Waals surface area (Å²) >= 11 is 0. The Morgan fingerprint density at radius 2 is 1.16 bits per heavy atom. The summed E-state index contributed by atoms with van der Waals surface area (Å²) in [7, 11) is 0. The van der Waals surface area contributed by atoms with Gasteiger partial charge < -0.3 is 10.2 Å². The van der Waals surface area contributed by atoms with Crippen molar-refractivity contribution < 1.29 is 19.8 Å². The standard InChI is InChI=1S/C14H28O2.C14H26O2/c2*1-12(11-14(2,3)4)9-7-5-6-8-10-13(15)16/h12H,5-11H2,1-4H3,(H,15,16);5,7,12H,6,8-11H2,1-4H3,(H,15,16). The first kappa shape index (κ1) is 32.9. The fraction of sp³-hybridized carbons (Fsp3) is 0.857. The molecule has 0 aromatic rings. The summed E-state index contributed by atoms with van der Waals surface area (Å²) in [5.74, 6) is 0.130. The number of aliphatic carboxylic acids is 2. The second kappa shape index (κ2) is 18.1. The van der Waals surface area contributed by atoms with Gasteiger partial charge in [-0.1, -0.05) is 93.2 Å². The molecule has 2 unspecified atom stereocenters. The Bertz CT molecular complexity index is 509. The average molecular weight is 455 g/mol. The molecular weight excluding hydrogens is 400 g/mol. The highest BCUT2D eigenvalue weighted by atomic mass is 16.4. The molecule has 0 aliphatic carbocycles. The van der Waals surface area contributed by atoms with Gasteiger partial charge in [0.1, 0.15) is 0 Å². The minimum Gasteiger partial charge on any atom is -0.481 e. The molecule has 0 radical (unpaired) electrons. The van der Waals surface area contributed by atoms with Crippen molar-refractivity contribution in [2.24, 2.45) is 22.7 Å². The predicted molar refractivity (Wildman–Crippen MR) is 137 cm³/mol. The van der Waals surface area contributed by atoms with Crippen molar-refractivity contribution in [1.29, 1.82) is 0 Å². The average Bonchev–Trinajstić information content (AvgIpc) is 2.58. The van der Waals surface area contributed by atoms with E-state index >= 15 is 0 Å². The third-order valence-corrected chi connectivity index (χ3v) is 5.23. The highest BCUT2D eigenvalue weighted by Crippen LogP contribution is 2.27. The maximum atomic E-state index is 10.3. The Kier molecular flexibility index (Phi) is 18.6. The quantitative estimate of drug-likeness (QED) is 0.191. The topological polar surface area (TPSA) is 74.6 Å². The number of unbranched alkanes of at least 4 members (excludes halogenated alkanes) is 4. The lowest BCUT2D eigenvalue weighted by atomic mass is 9.83. The first-order valence-corrected chi connectivity index (χ1v) is 12.7. The number of carboxylic acids is 2. The minimum atomic E-state index is -0.700. The molecule has 2 atom stereocenters. The van der Waals surface area contributed by atoms with E-state index in [1.165, 1.54) is 32.1 Å². The molecule has 0 aliphatic rings. The lowest BCUT2D eigenvalue weighted by molar-refractivity contribution is -0.138. The maximum absolute atomic E-state index is 10.3. The van der Waals surface area contributed by atoms with Crippen LogP contribution in [-0.2, 0) is 9.59 Å². The van der Waals surface area contributed by atoms with Crippen molar-refractivity contribution in [1.82, 2.24) is 0 Å². The molecule has 190 valence electrons. The van der Waals surface area contributed by atoms with Crippen molar-refractivity contribution in [3.8, 4) is 0 Å². The number of rotatable bonds is 15. The van der Waals surface area contributed by atoms with Crippen LogP contribution in [0.2, 0.25) is 0 Å². The van der Waals surface area contributed by atoms with Crippen LogP contribution in [-0.4, -0.2) is 22.2 Å². The van der Waals surface area contributed by atoms with Crippen LogP contribution in [0.1, 0.15) is 132 Å². The Hall–Kier alpha value is -1.32.